The predicted octanol–water partition coefficient (Wildman–Crippen LogP) is 2.27. The van der Waals surface area contributed by atoms with E-state index in [2.05, 4.69) is 4.74 Å². The fourth-order valence-corrected chi connectivity index (χ4v) is 2.67. The van der Waals surface area contributed by atoms with Gasteiger partial charge in [0.05, 0.1) is 18.0 Å². The molecule has 1 aromatic rings. The van der Waals surface area contributed by atoms with Crippen LogP contribution in [-0.4, -0.2) is 41.9 Å². The van der Waals surface area contributed by atoms with E-state index >= 15 is 0 Å². The Balaban J connectivity index is 2.15. The summed E-state index contributed by atoms with van der Waals surface area (Å²) >= 11 is 5.83. The number of piperidine rings is 1. The van der Waals surface area contributed by atoms with Crippen LogP contribution in [0.2, 0.25) is 5.02 Å². The second kappa shape index (κ2) is 6.74. The summed E-state index contributed by atoms with van der Waals surface area (Å²) < 4.78 is 4.69. The van der Waals surface area contributed by atoms with Crippen molar-refractivity contribution >= 4 is 29.2 Å². The molecule has 1 aliphatic heterocycles. The summed E-state index contributed by atoms with van der Waals surface area (Å²) in [7, 11) is 1.33. The molecule has 118 valence electrons. The Hall–Kier alpha value is -2.15. The Morgan fingerprint density at radius 2 is 2.00 bits per heavy atom. The molecular weight excluding hydrogens is 312 g/mol. The van der Waals surface area contributed by atoms with E-state index < -0.39 is 10.8 Å². The minimum Gasteiger partial charge on any atom is -0.469 e. The number of carbonyl (C=O) groups is 2. The highest BCUT2D eigenvalue weighted by Gasteiger charge is 2.31. The predicted molar refractivity (Wildman–Crippen MR) is 78.7 cm³/mol. The minimum absolute atomic E-state index is 0.0333. The van der Waals surface area contributed by atoms with Crippen LogP contribution in [0.1, 0.15) is 23.2 Å². The highest BCUT2D eigenvalue weighted by Crippen LogP contribution is 2.26. The lowest BCUT2D eigenvalue weighted by Crippen LogP contribution is -2.40. The molecule has 1 aromatic carbocycles. The molecule has 1 heterocycles. The average Bonchev–Trinajstić information content (AvgIpc) is 2.53. The number of ether oxygens (including phenoxy) is 1. The van der Waals surface area contributed by atoms with E-state index in [1.54, 1.807) is 0 Å². The fourth-order valence-electron chi connectivity index (χ4n) is 2.49. The Morgan fingerprint density at radius 1 is 1.36 bits per heavy atom. The van der Waals surface area contributed by atoms with Crippen molar-refractivity contribution in [3.05, 3.63) is 38.9 Å². The number of methoxy groups -OCH3 is 1. The van der Waals surface area contributed by atoms with Gasteiger partial charge in [0.15, 0.2) is 0 Å². The highest BCUT2D eigenvalue weighted by molar-refractivity contribution is 6.31. The zero-order valence-electron chi connectivity index (χ0n) is 12.0. The Labute approximate surface area is 131 Å². The SMILES string of the molecule is COC(=O)C1CCN(C(=O)c2cc(Cl)ccc2[N+](=O)[O-])CC1. The molecule has 1 amide bonds. The monoisotopic (exact) mass is 326 g/mol. The van der Waals surface area contributed by atoms with E-state index in [1.807, 2.05) is 0 Å². The molecule has 0 radical (unpaired) electrons. The summed E-state index contributed by atoms with van der Waals surface area (Å²) in [6.45, 7) is 0.699. The molecule has 1 aliphatic rings. The Morgan fingerprint density at radius 3 is 2.55 bits per heavy atom. The summed E-state index contributed by atoms with van der Waals surface area (Å²) in [5.74, 6) is -0.971. The van der Waals surface area contributed by atoms with Gasteiger partial charge in [0.1, 0.15) is 5.56 Å². The maximum atomic E-state index is 12.5. The number of likely N-dealkylation sites (tertiary alicyclic amines) is 1. The number of benzene rings is 1. The van der Waals surface area contributed by atoms with E-state index in [0.717, 1.165) is 0 Å². The summed E-state index contributed by atoms with van der Waals surface area (Å²) in [4.78, 5) is 35.9. The van der Waals surface area contributed by atoms with Gasteiger partial charge >= 0.3 is 5.97 Å². The van der Waals surface area contributed by atoms with E-state index in [0.29, 0.717) is 25.9 Å². The molecule has 22 heavy (non-hydrogen) atoms. The number of hydrogen-bond acceptors (Lipinski definition) is 5. The molecule has 0 saturated carbocycles. The van der Waals surface area contributed by atoms with Crippen molar-refractivity contribution in [1.29, 1.82) is 0 Å². The number of nitrogens with zero attached hydrogens (tertiary/aromatic N) is 2. The van der Waals surface area contributed by atoms with Gasteiger partial charge in [0.25, 0.3) is 11.6 Å². The van der Waals surface area contributed by atoms with Crippen LogP contribution < -0.4 is 0 Å². The van der Waals surface area contributed by atoms with E-state index in [9.17, 15) is 19.7 Å². The van der Waals surface area contributed by atoms with Gasteiger partial charge in [-0.15, -0.1) is 0 Å². The largest absolute Gasteiger partial charge is 0.469 e. The lowest BCUT2D eigenvalue weighted by molar-refractivity contribution is -0.385. The van der Waals surface area contributed by atoms with Crippen molar-refractivity contribution in [3.63, 3.8) is 0 Å². The molecular formula is C14H15ClN2O5. The number of rotatable bonds is 3. The zero-order chi connectivity index (χ0) is 16.3. The molecule has 0 atom stereocenters. The molecule has 1 saturated heterocycles. The lowest BCUT2D eigenvalue weighted by Gasteiger charge is -2.30. The Kier molecular flexibility index (Phi) is 4.97. The number of hydrogen-bond donors (Lipinski definition) is 0. The van der Waals surface area contributed by atoms with Gasteiger partial charge < -0.3 is 9.64 Å². The van der Waals surface area contributed by atoms with E-state index in [-0.39, 0.29) is 28.2 Å². The van der Waals surface area contributed by atoms with E-state index in [4.69, 9.17) is 11.6 Å². The van der Waals surface area contributed by atoms with Crippen molar-refractivity contribution in [2.75, 3.05) is 20.2 Å². The van der Waals surface area contributed by atoms with Gasteiger partial charge in [0, 0.05) is 24.2 Å². The van der Waals surface area contributed by atoms with Crippen molar-refractivity contribution in [1.82, 2.24) is 4.90 Å². The van der Waals surface area contributed by atoms with Crippen LogP contribution >= 0.6 is 11.6 Å². The van der Waals surface area contributed by atoms with Crippen molar-refractivity contribution < 1.29 is 19.2 Å². The van der Waals surface area contributed by atoms with Crippen LogP contribution in [0.5, 0.6) is 0 Å². The highest BCUT2D eigenvalue weighted by atomic mass is 35.5. The third-order valence-electron chi connectivity index (χ3n) is 3.70. The maximum Gasteiger partial charge on any atom is 0.308 e. The second-order valence-corrected chi connectivity index (χ2v) is 5.44. The first-order valence-electron chi connectivity index (χ1n) is 6.75. The average molecular weight is 327 g/mol. The second-order valence-electron chi connectivity index (χ2n) is 5.01. The third kappa shape index (κ3) is 3.36. The van der Waals surface area contributed by atoms with Crippen LogP contribution in [0, 0.1) is 16.0 Å². The molecule has 0 bridgehead atoms. The maximum absolute atomic E-state index is 12.5. The van der Waals surface area contributed by atoms with Gasteiger partial charge in [-0.1, -0.05) is 11.6 Å². The van der Waals surface area contributed by atoms with Crippen molar-refractivity contribution in [2.45, 2.75) is 12.8 Å². The molecule has 0 spiro atoms. The molecule has 8 heteroatoms. The van der Waals surface area contributed by atoms with Crippen LogP contribution in [0.3, 0.4) is 0 Å². The van der Waals surface area contributed by atoms with Crippen LogP contribution in [-0.2, 0) is 9.53 Å². The fraction of sp³-hybridized carbons (Fsp3) is 0.429. The number of halogens is 1. The molecule has 7 nitrogen and oxygen atoms in total. The molecule has 0 aromatic heterocycles. The number of esters is 1. The first-order chi connectivity index (χ1) is 10.4. The number of carbonyl (C=O) groups excluding carboxylic acids is 2. The van der Waals surface area contributed by atoms with Crippen LogP contribution in [0.25, 0.3) is 0 Å². The van der Waals surface area contributed by atoms with Crippen LogP contribution in [0.4, 0.5) is 5.69 Å². The van der Waals surface area contributed by atoms with Crippen LogP contribution in [0.15, 0.2) is 18.2 Å². The molecule has 0 aliphatic carbocycles. The summed E-state index contributed by atoms with van der Waals surface area (Å²) in [6.07, 6.45) is 0.958. The van der Waals surface area contributed by atoms with Gasteiger partial charge in [-0.2, -0.15) is 0 Å². The Bertz CT molecular complexity index is 611. The standard InChI is InChI=1S/C14H15ClN2O5/c1-22-14(19)9-4-6-16(7-5-9)13(18)11-8-10(15)2-3-12(11)17(20)21/h2-3,8-9H,4-7H2,1H3. The van der Waals surface area contributed by atoms with Gasteiger partial charge in [-0.3, -0.25) is 19.7 Å². The van der Waals surface area contributed by atoms with Gasteiger partial charge in [-0.25, -0.2) is 0 Å². The number of amides is 1. The first-order valence-corrected chi connectivity index (χ1v) is 7.13. The summed E-state index contributed by atoms with van der Waals surface area (Å²) in [6, 6.07) is 3.89. The zero-order valence-corrected chi connectivity index (χ0v) is 12.7. The quantitative estimate of drug-likeness (QED) is 0.483. The molecule has 2 rings (SSSR count). The number of nitro benzene ring substituents is 1. The molecule has 1 fully saturated rings. The van der Waals surface area contributed by atoms with Crippen molar-refractivity contribution in [3.8, 4) is 0 Å². The van der Waals surface area contributed by atoms with Gasteiger partial charge in [0.2, 0.25) is 0 Å². The molecule has 0 unspecified atom stereocenters. The third-order valence-corrected chi connectivity index (χ3v) is 3.94. The first kappa shape index (κ1) is 16.2. The minimum atomic E-state index is -0.606. The normalized spacial score (nSPS) is 15.5. The molecule has 0 N–H and O–H groups in total. The van der Waals surface area contributed by atoms with Crippen molar-refractivity contribution in [2.24, 2.45) is 5.92 Å². The lowest BCUT2D eigenvalue weighted by atomic mass is 9.96. The van der Waals surface area contributed by atoms with E-state index in [1.165, 1.54) is 30.2 Å². The number of nitro groups is 1. The van der Waals surface area contributed by atoms with Gasteiger partial charge in [-0.05, 0) is 25.0 Å². The summed E-state index contributed by atoms with van der Waals surface area (Å²) in [5, 5.41) is 11.3. The smallest absolute Gasteiger partial charge is 0.308 e. The topological polar surface area (TPSA) is 89.8 Å². The summed E-state index contributed by atoms with van der Waals surface area (Å²) in [5.41, 5.74) is -0.307.